The van der Waals surface area contributed by atoms with Gasteiger partial charge in [-0.05, 0) is 60.7 Å². The SMILES string of the molecule is O=C(O)COC/C=C\C[C@H]1[C@H](NS(=O)(=O)c2ccc(F)cc2)C2CC1(c1ccc(F)cc1)CO2. The zero-order valence-corrected chi connectivity index (χ0v) is 19.0. The molecule has 182 valence electrons. The number of carboxylic acid groups (broad SMARTS) is 1. The molecule has 0 amide bonds. The van der Waals surface area contributed by atoms with E-state index >= 15 is 0 Å². The molecule has 4 atom stereocenters. The molecule has 4 rings (SSSR count). The smallest absolute Gasteiger partial charge is 0.329 e. The molecular formula is C24H25F2NO6S. The van der Waals surface area contributed by atoms with Gasteiger partial charge in [-0.1, -0.05) is 24.3 Å². The molecule has 2 aromatic rings. The van der Waals surface area contributed by atoms with Gasteiger partial charge in [0.25, 0.3) is 0 Å². The normalized spacial score (nSPS) is 26.4. The molecule has 2 aromatic carbocycles. The first-order chi connectivity index (χ1) is 16.2. The van der Waals surface area contributed by atoms with Crippen molar-refractivity contribution >= 4 is 16.0 Å². The summed E-state index contributed by atoms with van der Waals surface area (Å²) in [6, 6.07) is 10.2. The molecule has 0 radical (unpaired) electrons. The quantitative estimate of drug-likeness (QED) is 0.390. The van der Waals surface area contributed by atoms with Crippen molar-refractivity contribution in [1.82, 2.24) is 4.72 Å². The predicted octanol–water partition coefficient (Wildman–Crippen LogP) is 3.02. The highest BCUT2D eigenvalue weighted by molar-refractivity contribution is 7.89. The van der Waals surface area contributed by atoms with Crippen LogP contribution in [-0.2, 0) is 29.7 Å². The van der Waals surface area contributed by atoms with E-state index in [9.17, 15) is 22.0 Å². The van der Waals surface area contributed by atoms with Crippen LogP contribution < -0.4 is 4.72 Å². The summed E-state index contributed by atoms with van der Waals surface area (Å²) in [6.45, 7) is 0.0594. The molecule has 1 heterocycles. The minimum Gasteiger partial charge on any atom is -0.480 e. The number of ether oxygens (including phenoxy) is 2. The Balaban J connectivity index is 1.59. The highest BCUT2D eigenvalue weighted by Crippen LogP contribution is 2.54. The summed E-state index contributed by atoms with van der Waals surface area (Å²) in [5, 5.41) is 8.67. The van der Waals surface area contributed by atoms with Gasteiger partial charge in [0, 0.05) is 5.41 Å². The second kappa shape index (κ2) is 9.91. The zero-order valence-electron chi connectivity index (χ0n) is 18.2. The molecule has 2 bridgehead atoms. The van der Waals surface area contributed by atoms with E-state index < -0.39 is 39.9 Å². The van der Waals surface area contributed by atoms with Gasteiger partial charge in [-0.15, -0.1) is 0 Å². The van der Waals surface area contributed by atoms with E-state index in [1.54, 1.807) is 18.2 Å². The maximum absolute atomic E-state index is 13.6. The molecule has 0 aromatic heterocycles. The standard InChI is InChI=1S/C24H25F2NO6S/c25-17-6-4-16(5-7-17)24-13-21(33-15-24)23(20(24)3-1-2-12-32-14-22(28)29)27-34(30,31)19-10-8-18(26)9-11-19/h1-2,4-11,20-21,23,27H,3,12-15H2,(H,28,29)/b2-1-/t20-,21?,23-,24?/m0/s1. The number of nitrogens with one attached hydrogen (secondary N) is 1. The lowest BCUT2D eigenvalue weighted by Crippen LogP contribution is -2.51. The average molecular weight is 494 g/mol. The highest BCUT2D eigenvalue weighted by atomic mass is 32.2. The van der Waals surface area contributed by atoms with E-state index in [1.807, 2.05) is 6.08 Å². The molecule has 0 spiro atoms. The van der Waals surface area contributed by atoms with Gasteiger partial charge in [-0.3, -0.25) is 0 Å². The first-order valence-electron chi connectivity index (χ1n) is 10.8. The third kappa shape index (κ3) is 5.05. The summed E-state index contributed by atoms with van der Waals surface area (Å²) in [6.07, 6.45) is 4.16. The van der Waals surface area contributed by atoms with Gasteiger partial charge in [0.05, 0.1) is 30.3 Å². The number of halogens is 2. The molecule has 1 saturated heterocycles. The van der Waals surface area contributed by atoms with Gasteiger partial charge in [0.15, 0.2) is 0 Å². The van der Waals surface area contributed by atoms with Gasteiger partial charge in [-0.25, -0.2) is 26.7 Å². The lowest BCUT2D eigenvalue weighted by atomic mass is 9.71. The van der Waals surface area contributed by atoms with Gasteiger partial charge >= 0.3 is 5.97 Å². The van der Waals surface area contributed by atoms with Crippen molar-refractivity contribution in [2.45, 2.75) is 35.3 Å². The van der Waals surface area contributed by atoms with Gasteiger partial charge in [0.1, 0.15) is 18.2 Å². The Morgan fingerprint density at radius 1 is 1.12 bits per heavy atom. The Morgan fingerprint density at radius 3 is 2.41 bits per heavy atom. The molecule has 10 heteroatoms. The van der Waals surface area contributed by atoms with Gasteiger partial charge < -0.3 is 14.6 Å². The van der Waals surface area contributed by atoms with E-state index in [0.29, 0.717) is 19.4 Å². The molecule has 2 aliphatic rings. The number of carboxylic acids is 1. The molecule has 7 nitrogen and oxygen atoms in total. The van der Waals surface area contributed by atoms with Crippen LogP contribution in [0.2, 0.25) is 0 Å². The Kier molecular flexibility index (Phi) is 7.13. The monoisotopic (exact) mass is 493 g/mol. The highest BCUT2D eigenvalue weighted by Gasteiger charge is 2.60. The molecule has 2 fully saturated rings. The third-order valence-electron chi connectivity index (χ3n) is 6.49. The number of benzene rings is 2. The lowest BCUT2D eigenvalue weighted by Gasteiger charge is -2.39. The number of aliphatic carboxylic acids is 1. The van der Waals surface area contributed by atoms with Crippen molar-refractivity contribution in [3.63, 3.8) is 0 Å². The van der Waals surface area contributed by atoms with Crippen LogP contribution in [0.15, 0.2) is 65.6 Å². The first kappa shape index (κ1) is 24.5. The van der Waals surface area contributed by atoms with Crippen LogP contribution >= 0.6 is 0 Å². The van der Waals surface area contributed by atoms with Gasteiger partial charge in [0.2, 0.25) is 10.0 Å². The molecule has 1 aliphatic heterocycles. The Morgan fingerprint density at radius 2 is 1.76 bits per heavy atom. The minimum absolute atomic E-state index is 0.0520. The minimum atomic E-state index is -3.95. The number of allylic oxidation sites excluding steroid dienone is 1. The Hall–Kier alpha value is -2.66. The summed E-state index contributed by atoms with van der Waals surface area (Å²) in [7, 11) is -3.95. The summed E-state index contributed by atoms with van der Waals surface area (Å²) < 4.78 is 66.7. The molecular weight excluding hydrogens is 468 g/mol. The molecule has 34 heavy (non-hydrogen) atoms. The summed E-state index contributed by atoms with van der Waals surface area (Å²) in [5.41, 5.74) is 0.334. The Labute approximate surface area is 196 Å². The summed E-state index contributed by atoms with van der Waals surface area (Å²) in [5.74, 6) is -2.19. The summed E-state index contributed by atoms with van der Waals surface area (Å²) in [4.78, 5) is 10.5. The van der Waals surface area contributed by atoms with Crippen LogP contribution in [0.3, 0.4) is 0 Å². The zero-order chi connectivity index (χ0) is 24.3. The van der Waals surface area contributed by atoms with Crippen molar-refractivity contribution in [3.8, 4) is 0 Å². The number of carbonyl (C=O) groups is 1. The number of hydrogen-bond acceptors (Lipinski definition) is 5. The van der Waals surface area contributed by atoms with E-state index in [2.05, 4.69) is 4.72 Å². The fraction of sp³-hybridized carbons (Fsp3) is 0.375. The van der Waals surface area contributed by atoms with Crippen LogP contribution in [0, 0.1) is 17.6 Å². The fourth-order valence-electron chi connectivity index (χ4n) is 4.94. The molecule has 2 N–H and O–H groups in total. The second-order valence-corrected chi connectivity index (χ2v) is 10.3. The lowest BCUT2D eigenvalue weighted by molar-refractivity contribution is -0.141. The molecule has 1 saturated carbocycles. The summed E-state index contributed by atoms with van der Waals surface area (Å²) >= 11 is 0. The third-order valence-corrected chi connectivity index (χ3v) is 7.97. The van der Waals surface area contributed by atoms with Crippen molar-refractivity contribution in [2.24, 2.45) is 5.92 Å². The maximum atomic E-state index is 13.6. The Bertz CT molecular complexity index is 1150. The van der Waals surface area contributed by atoms with E-state index in [4.69, 9.17) is 14.6 Å². The van der Waals surface area contributed by atoms with E-state index in [-0.39, 0.29) is 29.3 Å². The van der Waals surface area contributed by atoms with Crippen LogP contribution in [0.5, 0.6) is 0 Å². The van der Waals surface area contributed by atoms with E-state index in [0.717, 1.165) is 17.7 Å². The topological polar surface area (TPSA) is 102 Å². The largest absolute Gasteiger partial charge is 0.480 e. The molecule has 2 unspecified atom stereocenters. The van der Waals surface area contributed by atoms with Gasteiger partial charge in [-0.2, -0.15) is 0 Å². The number of rotatable bonds is 10. The average Bonchev–Trinajstić information content (AvgIpc) is 3.35. The number of fused-ring (bicyclic) bond motifs is 2. The fourth-order valence-corrected chi connectivity index (χ4v) is 6.24. The second-order valence-electron chi connectivity index (χ2n) is 8.54. The van der Waals surface area contributed by atoms with Crippen LogP contribution in [0.25, 0.3) is 0 Å². The van der Waals surface area contributed by atoms with Crippen LogP contribution in [0.1, 0.15) is 18.4 Å². The predicted molar refractivity (Wildman–Crippen MR) is 119 cm³/mol. The van der Waals surface area contributed by atoms with E-state index in [1.165, 1.54) is 24.3 Å². The van der Waals surface area contributed by atoms with Crippen molar-refractivity contribution in [1.29, 1.82) is 0 Å². The maximum Gasteiger partial charge on any atom is 0.329 e. The number of sulfonamides is 1. The first-order valence-corrected chi connectivity index (χ1v) is 12.3. The number of hydrogen-bond donors (Lipinski definition) is 2. The van der Waals surface area contributed by atoms with Crippen molar-refractivity contribution < 1.29 is 36.6 Å². The van der Waals surface area contributed by atoms with Crippen molar-refractivity contribution in [2.75, 3.05) is 19.8 Å². The van der Waals surface area contributed by atoms with Crippen LogP contribution in [-0.4, -0.2) is 51.5 Å². The van der Waals surface area contributed by atoms with Crippen LogP contribution in [0.4, 0.5) is 8.78 Å². The molecule has 1 aliphatic carbocycles. The van der Waals surface area contributed by atoms with Crippen molar-refractivity contribution in [3.05, 3.63) is 77.9 Å².